The lowest BCUT2D eigenvalue weighted by Crippen LogP contribution is -2.30. The molecule has 4 heteroatoms. The predicted octanol–water partition coefficient (Wildman–Crippen LogP) is 2.25. The zero-order chi connectivity index (χ0) is 12.0. The smallest absolute Gasteiger partial charge is 0.323 e. The van der Waals surface area contributed by atoms with E-state index in [2.05, 4.69) is 5.92 Å². The van der Waals surface area contributed by atoms with Crippen LogP contribution in [0.5, 0.6) is 0 Å². The lowest BCUT2D eigenvalue weighted by Gasteiger charge is -2.21. The Balaban J connectivity index is 2.79. The summed E-state index contributed by atoms with van der Waals surface area (Å²) in [5, 5.41) is 9.40. The lowest BCUT2D eigenvalue weighted by molar-refractivity contribution is -0.135. The average Bonchev–Trinajstić information content (AvgIpc) is 2.25. The van der Waals surface area contributed by atoms with E-state index >= 15 is 0 Å². The number of rotatable bonds is 5. The van der Waals surface area contributed by atoms with Gasteiger partial charge in [-0.3, -0.25) is 4.79 Å². The van der Waals surface area contributed by atoms with Crippen LogP contribution in [-0.4, -0.2) is 24.2 Å². The number of carboxylic acid groups (broad SMARTS) is 1. The second kappa shape index (κ2) is 6.04. The molecule has 0 fully saturated rings. The first-order valence-electron chi connectivity index (χ1n) is 4.79. The van der Waals surface area contributed by atoms with E-state index < -0.39 is 5.97 Å². The summed E-state index contributed by atoms with van der Waals surface area (Å²) >= 11 is 5.76. The summed E-state index contributed by atoms with van der Waals surface area (Å²) in [7, 11) is 0. The fraction of sp³-hybridized carbons (Fsp3) is 0.250. The van der Waals surface area contributed by atoms with Crippen LogP contribution < -0.4 is 4.90 Å². The highest BCUT2D eigenvalue weighted by Crippen LogP contribution is 2.17. The Morgan fingerprint density at radius 3 is 2.56 bits per heavy atom. The Hall–Kier alpha value is -1.66. The van der Waals surface area contributed by atoms with E-state index in [0.29, 0.717) is 18.0 Å². The normalized spacial score (nSPS) is 9.50. The van der Waals surface area contributed by atoms with Crippen LogP contribution in [0, 0.1) is 12.3 Å². The summed E-state index contributed by atoms with van der Waals surface area (Å²) in [5.74, 6) is 1.61. The summed E-state index contributed by atoms with van der Waals surface area (Å²) in [5.41, 5.74) is 0.807. The van der Waals surface area contributed by atoms with Crippen molar-refractivity contribution < 1.29 is 9.90 Å². The number of carboxylic acids is 1. The molecule has 0 unspecified atom stereocenters. The van der Waals surface area contributed by atoms with E-state index in [1.807, 2.05) is 0 Å². The summed E-state index contributed by atoms with van der Waals surface area (Å²) in [4.78, 5) is 12.4. The van der Waals surface area contributed by atoms with E-state index in [0.717, 1.165) is 5.69 Å². The van der Waals surface area contributed by atoms with E-state index in [1.165, 1.54) is 0 Å². The van der Waals surface area contributed by atoms with E-state index in [9.17, 15) is 4.79 Å². The van der Waals surface area contributed by atoms with Gasteiger partial charge in [0, 0.05) is 23.7 Å². The number of benzene rings is 1. The molecule has 0 radical (unpaired) electrons. The number of aliphatic carboxylic acids is 1. The fourth-order valence-corrected chi connectivity index (χ4v) is 1.44. The summed E-state index contributed by atoms with van der Waals surface area (Å²) < 4.78 is 0. The predicted molar refractivity (Wildman–Crippen MR) is 64.8 cm³/mol. The molecular weight excluding hydrogens is 226 g/mol. The standard InChI is InChI=1S/C12H12ClNO2/c1-2-3-8-14(9-12(15)16)11-6-4-10(13)5-7-11/h1,4-7H,3,8-9H2,(H,15,16). The number of halogens is 1. The third-order valence-electron chi connectivity index (χ3n) is 2.04. The molecule has 1 aromatic carbocycles. The molecule has 0 atom stereocenters. The first kappa shape index (κ1) is 12.4. The van der Waals surface area contributed by atoms with Crippen molar-refractivity contribution in [2.45, 2.75) is 6.42 Å². The summed E-state index contributed by atoms with van der Waals surface area (Å²) in [6.45, 7) is 0.452. The second-order valence-electron chi connectivity index (χ2n) is 3.25. The molecule has 84 valence electrons. The minimum Gasteiger partial charge on any atom is -0.480 e. The molecule has 1 rings (SSSR count). The molecule has 0 aliphatic heterocycles. The Morgan fingerprint density at radius 1 is 1.44 bits per heavy atom. The molecule has 0 saturated heterocycles. The first-order chi connectivity index (χ1) is 7.63. The van der Waals surface area contributed by atoms with Gasteiger partial charge < -0.3 is 10.0 Å². The summed E-state index contributed by atoms with van der Waals surface area (Å²) in [6.07, 6.45) is 5.67. The van der Waals surface area contributed by atoms with Crippen molar-refractivity contribution in [1.29, 1.82) is 0 Å². The maximum Gasteiger partial charge on any atom is 0.323 e. The molecule has 0 aromatic heterocycles. The van der Waals surface area contributed by atoms with Gasteiger partial charge in [-0.05, 0) is 24.3 Å². The van der Waals surface area contributed by atoms with Crippen molar-refractivity contribution >= 4 is 23.3 Å². The summed E-state index contributed by atoms with van der Waals surface area (Å²) in [6, 6.07) is 7.01. The van der Waals surface area contributed by atoms with Crippen LogP contribution in [0.15, 0.2) is 24.3 Å². The van der Waals surface area contributed by atoms with Crippen LogP contribution >= 0.6 is 11.6 Å². The molecule has 1 aromatic rings. The number of anilines is 1. The Bertz CT molecular complexity index is 394. The van der Waals surface area contributed by atoms with Crippen LogP contribution in [0.1, 0.15) is 6.42 Å². The van der Waals surface area contributed by atoms with Crippen molar-refractivity contribution in [2.24, 2.45) is 0 Å². The first-order valence-corrected chi connectivity index (χ1v) is 5.17. The van der Waals surface area contributed by atoms with Gasteiger partial charge in [-0.1, -0.05) is 11.6 Å². The van der Waals surface area contributed by atoms with Crippen molar-refractivity contribution in [1.82, 2.24) is 0 Å². The third kappa shape index (κ3) is 3.84. The number of carbonyl (C=O) groups is 1. The van der Waals surface area contributed by atoms with Crippen molar-refractivity contribution in [2.75, 3.05) is 18.0 Å². The third-order valence-corrected chi connectivity index (χ3v) is 2.30. The van der Waals surface area contributed by atoms with Crippen LogP contribution in [0.3, 0.4) is 0 Å². The van der Waals surface area contributed by atoms with Crippen LogP contribution in [-0.2, 0) is 4.79 Å². The number of nitrogens with zero attached hydrogens (tertiary/aromatic N) is 1. The molecule has 16 heavy (non-hydrogen) atoms. The zero-order valence-electron chi connectivity index (χ0n) is 8.69. The molecule has 0 aliphatic carbocycles. The monoisotopic (exact) mass is 237 g/mol. The maximum absolute atomic E-state index is 10.7. The van der Waals surface area contributed by atoms with Crippen LogP contribution in [0.4, 0.5) is 5.69 Å². The largest absolute Gasteiger partial charge is 0.480 e. The fourth-order valence-electron chi connectivity index (χ4n) is 1.31. The average molecular weight is 238 g/mol. The highest BCUT2D eigenvalue weighted by molar-refractivity contribution is 6.30. The molecule has 0 heterocycles. The van der Waals surface area contributed by atoms with Gasteiger partial charge in [0.25, 0.3) is 0 Å². The molecular formula is C12H12ClNO2. The molecule has 0 saturated carbocycles. The van der Waals surface area contributed by atoms with Gasteiger partial charge in [0.2, 0.25) is 0 Å². The number of hydrogen-bond donors (Lipinski definition) is 1. The van der Waals surface area contributed by atoms with Gasteiger partial charge in [-0.25, -0.2) is 0 Å². The van der Waals surface area contributed by atoms with Crippen molar-refractivity contribution in [3.63, 3.8) is 0 Å². The number of hydrogen-bond acceptors (Lipinski definition) is 2. The molecule has 0 amide bonds. The Labute approximate surface area is 99.6 Å². The molecule has 3 nitrogen and oxygen atoms in total. The SMILES string of the molecule is C#CCCN(CC(=O)O)c1ccc(Cl)cc1. The minimum absolute atomic E-state index is 0.0662. The molecule has 1 N–H and O–H groups in total. The van der Waals surface area contributed by atoms with Crippen LogP contribution in [0.2, 0.25) is 5.02 Å². The Morgan fingerprint density at radius 2 is 2.06 bits per heavy atom. The highest BCUT2D eigenvalue weighted by atomic mass is 35.5. The highest BCUT2D eigenvalue weighted by Gasteiger charge is 2.09. The topological polar surface area (TPSA) is 40.5 Å². The molecule has 0 bridgehead atoms. The second-order valence-corrected chi connectivity index (χ2v) is 3.68. The Kier molecular flexibility index (Phi) is 4.68. The van der Waals surface area contributed by atoms with Gasteiger partial charge >= 0.3 is 5.97 Å². The van der Waals surface area contributed by atoms with E-state index in [1.54, 1.807) is 29.2 Å². The number of terminal acetylenes is 1. The van der Waals surface area contributed by atoms with Gasteiger partial charge in [0.1, 0.15) is 6.54 Å². The molecule has 0 spiro atoms. The van der Waals surface area contributed by atoms with Gasteiger partial charge in [-0.15, -0.1) is 12.3 Å². The minimum atomic E-state index is -0.882. The lowest BCUT2D eigenvalue weighted by atomic mass is 10.2. The van der Waals surface area contributed by atoms with Gasteiger partial charge in [0.05, 0.1) is 0 Å². The zero-order valence-corrected chi connectivity index (χ0v) is 9.44. The maximum atomic E-state index is 10.7. The van der Waals surface area contributed by atoms with Crippen molar-refractivity contribution in [3.8, 4) is 12.3 Å². The van der Waals surface area contributed by atoms with E-state index in [-0.39, 0.29) is 6.54 Å². The van der Waals surface area contributed by atoms with Crippen molar-refractivity contribution in [3.05, 3.63) is 29.3 Å². The van der Waals surface area contributed by atoms with Gasteiger partial charge in [-0.2, -0.15) is 0 Å². The molecule has 0 aliphatic rings. The van der Waals surface area contributed by atoms with Gasteiger partial charge in [0.15, 0.2) is 0 Å². The van der Waals surface area contributed by atoms with E-state index in [4.69, 9.17) is 23.1 Å². The van der Waals surface area contributed by atoms with Crippen LogP contribution in [0.25, 0.3) is 0 Å². The quantitative estimate of drug-likeness (QED) is 0.799.